The highest BCUT2D eigenvalue weighted by atomic mass is 32.2. The summed E-state index contributed by atoms with van der Waals surface area (Å²) in [4.78, 5) is 0.265. The van der Waals surface area contributed by atoms with Gasteiger partial charge in [-0.25, -0.2) is 8.42 Å². The number of fused-ring (bicyclic) bond motifs is 3. The SMILES string of the molecule is CCOc1ccc([C@H]2Nc3ccc(S(=O)(=O)Nc4ccc(C)cc4)cc3[C@H]3C=CC[C@H]32)cc1OCC. The highest BCUT2D eigenvalue weighted by Crippen LogP contribution is 2.51. The van der Waals surface area contributed by atoms with E-state index < -0.39 is 10.0 Å². The summed E-state index contributed by atoms with van der Waals surface area (Å²) in [7, 11) is -3.71. The van der Waals surface area contributed by atoms with Crippen molar-refractivity contribution in [1.29, 1.82) is 0 Å². The standard InChI is InChI=1S/C29H32N2O4S/c1-4-34-27-16-11-20(17-28(27)35-5-2)29-24-8-6-7-23(24)25-18-22(14-15-26(25)30-29)36(32,33)31-21-12-9-19(3)10-13-21/h6-7,9-18,23-24,29-31H,4-5,8H2,1-3H3/t23-,24+,29+/m0/s1. The van der Waals surface area contributed by atoms with Crippen molar-refractivity contribution in [2.45, 2.75) is 44.0 Å². The van der Waals surface area contributed by atoms with Crippen molar-refractivity contribution in [3.05, 3.63) is 89.5 Å². The van der Waals surface area contributed by atoms with Crippen LogP contribution in [0.5, 0.6) is 11.5 Å². The maximum Gasteiger partial charge on any atom is 0.261 e. The van der Waals surface area contributed by atoms with Crippen LogP contribution in [-0.2, 0) is 10.0 Å². The van der Waals surface area contributed by atoms with Crippen LogP contribution >= 0.6 is 0 Å². The van der Waals surface area contributed by atoms with Gasteiger partial charge in [-0.2, -0.15) is 0 Å². The predicted octanol–water partition coefficient (Wildman–Crippen LogP) is 6.42. The molecule has 1 aliphatic carbocycles. The average molecular weight is 505 g/mol. The minimum atomic E-state index is -3.71. The van der Waals surface area contributed by atoms with Crippen molar-refractivity contribution < 1.29 is 17.9 Å². The topological polar surface area (TPSA) is 76.7 Å². The van der Waals surface area contributed by atoms with Crippen LogP contribution in [0, 0.1) is 12.8 Å². The molecule has 3 aromatic carbocycles. The Morgan fingerprint density at radius 3 is 2.44 bits per heavy atom. The van der Waals surface area contributed by atoms with Gasteiger partial charge in [0.25, 0.3) is 10.0 Å². The molecule has 0 fully saturated rings. The summed E-state index contributed by atoms with van der Waals surface area (Å²) >= 11 is 0. The summed E-state index contributed by atoms with van der Waals surface area (Å²) in [6.07, 6.45) is 5.32. The van der Waals surface area contributed by atoms with Crippen molar-refractivity contribution in [3.8, 4) is 11.5 Å². The predicted molar refractivity (Wildman–Crippen MR) is 144 cm³/mol. The second-order valence-electron chi connectivity index (χ2n) is 9.27. The number of hydrogen-bond donors (Lipinski definition) is 2. The lowest BCUT2D eigenvalue weighted by atomic mass is 9.77. The van der Waals surface area contributed by atoms with Crippen molar-refractivity contribution in [2.75, 3.05) is 23.3 Å². The zero-order chi connectivity index (χ0) is 25.3. The van der Waals surface area contributed by atoms with Crippen molar-refractivity contribution in [1.82, 2.24) is 0 Å². The van der Waals surface area contributed by atoms with E-state index in [1.54, 1.807) is 18.2 Å². The van der Waals surface area contributed by atoms with Crippen LogP contribution in [0.4, 0.5) is 11.4 Å². The van der Waals surface area contributed by atoms with Gasteiger partial charge in [0.15, 0.2) is 11.5 Å². The number of sulfonamides is 1. The first-order valence-electron chi connectivity index (χ1n) is 12.5. The summed E-state index contributed by atoms with van der Waals surface area (Å²) in [6.45, 7) is 7.04. The molecule has 5 rings (SSSR count). The lowest BCUT2D eigenvalue weighted by molar-refractivity contribution is 0.287. The molecule has 0 radical (unpaired) electrons. The molecule has 3 atom stereocenters. The van der Waals surface area contributed by atoms with Gasteiger partial charge < -0.3 is 14.8 Å². The van der Waals surface area contributed by atoms with E-state index in [1.807, 2.05) is 51.1 Å². The molecule has 36 heavy (non-hydrogen) atoms. The molecular formula is C29H32N2O4S. The third-order valence-electron chi connectivity index (χ3n) is 6.87. The molecule has 0 amide bonds. The maximum absolute atomic E-state index is 13.2. The summed E-state index contributed by atoms with van der Waals surface area (Å²) in [5.41, 5.74) is 4.72. The molecule has 0 saturated heterocycles. The molecular weight excluding hydrogens is 472 g/mol. The first-order chi connectivity index (χ1) is 17.4. The molecule has 0 unspecified atom stereocenters. The van der Waals surface area contributed by atoms with Gasteiger partial charge in [0.2, 0.25) is 0 Å². The number of rotatable bonds is 8. The Balaban J connectivity index is 1.46. The third kappa shape index (κ3) is 4.67. The fourth-order valence-electron chi connectivity index (χ4n) is 5.17. The molecule has 6 nitrogen and oxygen atoms in total. The van der Waals surface area contributed by atoms with E-state index in [4.69, 9.17) is 9.47 Å². The fraction of sp³-hybridized carbons (Fsp3) is 0.310. The Morgan fingerprint density at radius 2 is 1.69 bits per heavy atom. The average Bonchev–Trinajstić information content (AvgIpc) is 3.36. The number of anilines is 2. The normalized spacial score (nSPS) is 20.2. The molecule has 7 heteroatoms. The number of aryl methyl sites for hydroxylation is 1. The van der Waals surface area contributed by atoms with E-state index in [0.717, 1.165) is 40.3 Å². The van der Waals surface area contributed by atoms with Gasteiger partial charge in [0.1, 0.15) is 0 Å². The monoisotopic (exact) mass is 504 g/mol. The molecule has 0 aromatic heterocycles. The van der Waals surface area contributed by atoms with Crippen LogP contribution in [-0.4, -0.2) is 21.6 Å². The van der Waals surface area contributed by atoms with Gasteiger partial charge in [-0.1, -0.05) is 35.9 Å². The number of allylic oxidation sites excluding steroid dienone is 2. The molecule has 0 bridgehead atoms. The van der Waals surface area contributed by atoms with Gasteiger partial charge in [0, 0.05) is 17.3 Å². The van der Waals surface area contributed by atoms with Gasteiger partial charge >= 0.3 is 0 Å². The van der Waals surface area contributed by atoms with E-state index in [9.17, 15) is 8.42 Å². The van der Waals surface area contributed by atoms with Crippen LogP contribution in [0.25, 0.3) is 0 Å². The molecule has 0 saturated carbocycles. The number of benzene rings is 3. The van der Waals surface area contributed by atoms with Crippen LogP contribution in [0.1, 0.15) is 48.9 Å². The maximum atomic E-state index is 13.2. The lowest BCUT2D eigenvalue weighted by Gasteiger charge is -2.38. The van der Waals surface area contributed by atoms with Gasteiger partial charge in [-0.15, -0.1) is 0 Å². The van der Waals surface area contributed by atoms with E-state index >= 15 is 0 Å². The van der Waals surface area contributed by atoms with Crippen molar-refractivity contribution >= 4 is 21.4 Å². The Morgan fingerprint density at radius 1 is 0.944 bits per heavy atom. The zero-order valence-electron chi connectivity index (χ0n) is 20.8. The van der Waals surface area contributed by atoms with Crippen LogP contribution in [0.15, 0.2) is 77.7 Å². The summed E-state index contributed by atoms with van der Waals surface area (Å²) in [6, 6.07) is 18.9. The van der Waals surface area contributed by atoms with E-state index in [2.05, 4.69) is 34.3 Å². The smallest absolute Gasteiger partial charge is 0.261 e. The van der Waals surface area contributed by atoms with Crippen LogP contribution in [0.2, 0.25) is 0 Å². The summed E-state index contributed by atoms with van der Waals surface area (Å²) < 4.78 is 40.6. The molecule has 3 aromatic rings. The summed E-state index contributed by atoms with van der Waals surface area (Å²) in [5, 5.41) is 3.69. The van der Waals surface area contributed by atoms with Gasteiger partial charge in [-0.3, -0.25) is 4.72 Å². The number of nitrogens with one attached hydrogen (secondary N) is 2. The Bertz CT molecular complexity index is 1380. The van der Waals surface area contributed by atoms with Crippen molar-refractivity contribution in [2.24, 2.45) is 5.92 Å². The fourth-order valence-corrected chi connectivity index (χ4v) is 6.26. The third-order valence-corrected chi connectivity index (χ3v) is 8.25. The van der Waals surface area contributed by atoms with Crippen LogP contribution < -0.4 is 19.5 Å². The van der Waals surface area contributed by atoms with Gasteiger partial charge in [0.05, 0.1) is 24.2 Å². The molecule has 2 N–H and O–H groups in total. The quantitative estimate of drug-likeness (QED) is 0.346. The molecule has 2 aliphatic rings. The largest absolute Gasteiger partial charge is 0.490 e. The Hall–Kier alpha value is -3.45. The van der Waals surface area contributed by atoms with Crippen LogP contribution in [0.3, 0.4) is 0 Å². The molecule has 188 valence electrons. The highest BCUT2D eigenvalue weighted by molar-refractivity contribution is 7.92. The van der Waals surface area contributed by atoms with E-state index in [-0.39, 0.29) is 22.8 Å². The molecule has 0 spiro atoms. The van der Waals surface area contributed by atoms with E-state index in [0.29, 0.717) is 18.9 Å². The number of ether oxygens (including phenoxy) is 2. The first kappa shape index (κ1) is 24.3. The first-order valence-corrected chi connectivity index (χ1v) is 13.9. The van der Waals surface area contributed by atoms with E-state index in [1.165, 1.54) is 0 Å². The molecule has 1 aliphatic heterocycles. The van der Waals surface area contributed by atoms with Crippen molar-refractivity contribution in [3.63, 3.8) is 0 Å². The minimum Gasteiger partial charge on any atom is -0.490 e. The minimum absolute atomic E-state index is 0.0699. The number of hydrogen-bond acceptors (Lipinski definition) is 5. The second-order valence-corrected chi connectivity index (χ2v) is 11.0. The molecule has 1 heterocycles. The zero-order valence-corrected chi connectivity index (χ0v) is 21.6. The van der Waals surface area contributed by atoms with Gasteiger partial charge in [-0.05, 0) is 86.7 Å². The summed E-state index contributed by atoms with van der Waals surface area (Å²) in [5.74, 6) is 1.89. The second kappa shape index (κ2) is 9.90. The Kier molecular flexibility index (Phi) is 6.67. The Labute approximate surface area is 213 Å². The highest BCUT2D eigenvalue weighted by Gasteiger charge is 2.38. The lowest BCUT2D eigenvalue weighted by Crippen LogP contribution is -2.29.